The Balaban J connectivity index is 1.98. The van der Waals surface area contributed by atoms with Crippen molar-refractivity contribution in [2.75, 3.05) is 26.2 Å². The first-order chi connectivity index (χ1) is 9.20. The molecular formula is C13H15N3O3. The number of hydrogen-bond donors (Lipinski definition) is 0. The van der Waals surface area contributed by atoms with E-state index < -0.39 is 4.92 Å². The lowest BCUT2D eigenvalue weighted by Gasteiger charge is -2.14. The van der Waals surface area contributed by atoms with E-state index in [0.717, 1.165) is 19.6 Å². The molecule has 0 saturated carbocycles. The molecule has 6 heteroatoms. The molecule has 0 aliphatic carbocycles. The largest absolute Gasteiger partial charge is 0.485 e. The molecule has 0 unspecified atom stereocenters. The fourth-order valence-electron chi connectivity index (χ4n) is 2.14. The van der Waals surface area contributed by atoms with Gasteiger partial charge in [0.1, 0.15) is 6.61 Å². The molecule has 1 aromatic carbocycles. The monoisotopic (exact) mass is 261 g/mol. The van der Waals surface area contributed by atoms with Crippen LogP contribution in [0, 0.1) is 21.4 Å². The van der Waals surface area contributed by atoms with Crippen molar-refractivity contribution in [3.05, 3.63) is 33.9 Å². The molecule has 2 rings (SSSR count). The van der Waals surface area contributed by atoms with Crippen LogP contribution >= 0.6 is 0 Å². The second kappa shape index (κ2) is 6.16. The number of nitro groups is 1. The molecule has 0 N–H and O–H groups in total. The average Bonchev–Trinajstić information content (AvgIpc) is 2.92. The Hall–Kier alpha value is -2.13. The van der Waals surface area contributed by atoms with Gasteiger partial charge in [-0.25, -0.2) is 0 Å². The molecule has 0 amide bonds. The molecule has 6 nitrogen and oxygen atoms in total. The molecule has 0 radical (unpaired) electrons. The number of nitro benzene ring substituents is 1. The van der Waals surface area contributed by atoms with Crippen LogP contribution in [0.25, 0.3) is 0 Å². The molecule has 19 heavy (non-hydrogen) atoms. The van der Waals surface area contributed by atoms with Crippen molar-refractivity contribution < 1.29 is 9.66 Å². The Kier molecular flexibility index (Phi) is 4.31. The maximum Gasteiger partial charge on any atom is 0.312 e. The summed E-state index contributed by atoms with van der Waals surface area (Å²) in [5.41, 5.74) is 0.110. The summed E-state index contributed by atoms with van der Waals surface area (Å²) in [5.74, 6) is 0.225. The minimum Gasteiger partial charge on any atom is -0.485 e. The third-order valence-corrected chi connectivity index (χ3v) is 3.15. The average molecular weight is 261 g/mol. The van der Waals surface area contributed by atoms with Crippen molar-refractivity contribution in [2.45, 2.75) is 12.8 Å². The van der Waals surface area contributed by atoms with Gasteiger partial charge in [-0.3, -0.25) is 15.0 Å². The fourth-order valence-corrected chi connectivity index (χ4v) is 2.14. The van der Waals surface area contributed by atoms with Crippen LogP contribution in [0.1, 0.15) is 18.4 Å². The first kappa shape index (κ1) is 13.3. The van der Waals surface area contributed by atoms with E-state index >= 15 is 0 Å². The number of hydrogen-bond acceptors (Lipinski definition) is 5. The van der Waals surface area contributed by atoms with Crippen molar-refractivity contribution >= 4 is 5.69 Å². The van der Waals surface area contributed by atoms with Crippen molar-refractivity contribution in [1.82, 2.24) is 4.90 Å². The molecule has 100 valence electrons. The van der Waals surface area contributed by atoms with Gasteiger partial charge in [-0.1, -0.05) is 0 Å². The first-order valence-corrected chi connectivity index (χ1v) is 6.24. The zero-order valence-corrected chi connectivity index (χ0v) is 10.5. The van der Waals surface area contributed by atoms with Crippen LogP contribution < -0.4 is 4.74 Å². The summed E-state index contributed by atoms with van der Waals surface area (Å²) in [6.45, 7) is 3.33. The van der Waals surface area contributed by atoms with E-state index in [9.17, 15) is 10.1 Å². The Bertz CT molecular complexity index is 504. The smallest absolute Gasteiger partial charge is 0.312 e. The van der Waals surface area contributed by atoms with Gasteiger partial charge in [0.25, 0.3) is 0 Å². The number of likely N-dealkylation sites (tertiary alicyclic amines) is 1. The van der Waals surface area contributed by atoms with Crippen LogP contribution in [0.3, 0.4) is 0 Å². The Morgan fingerprint density at radius 3 is 2.79 bits per heavy atom. The second-order valence-corrected chi connectivity index (χ2v) is 4.45. The minimum atomic E-state index is -0.522. The highest BCUT2D eigenvalue weighted by atomic mass is 16.6. The van der Waals surface area contributed by atoms with E-state index in [-0.39, 0.29) is 17.0 Å². The second-order valence-electron chi connectivity index (χ2n) is 4.45. The molecule has 0 aromatic heterocycles. The van der Waals surface area contributed by atoms with Crippen molar-refractivity contribution in [3.8, 4) is 11.8 Å². The van der Waals surface area contributed by atoms with E-state index in [4.69, 9.17) is 10.00 Å². The molecule has 1 aliphatic rings. The highest BCUT2D eigenvalue weighted by Gasteiger charge is 2.17. The summed E-state index contributed by atoms with van der Waals surface area (Å²) in [6, 6.07) is 6.14. The van der Waals surface area contributed by atoms with Gasteiger partial charge in [-0.15, -0.1) is 0 Å². The summed E-state index contributed by atoms with van der Waals surface area (Å²) in [6.07, 6.45) is 2.41. The SMILES string of the molecule is N#Cc1ccc(OCCN2CCCC2)c([N+](=O)[O-])c1. The van der Waals surface area contributed by atoms with Gasteiger partial charge in [0.05, 0.1) is 16.6 Å². The van der Waals surface area contributed by atoms with Crippen LogP contribution in [0.5, 0.6) is 5.75 Å². The fraction of sp³-hybridized carbons (Fsp3) is 0.462. The van der Waals surface area contributed by atoms with Gasteiger partial charge in [-0.2, -0.15) is 5.26 Å². The molecule has 1 saturated heterocycles. The number of ether oxygens (including phenoxy) is 1. The minimum absolute atomic E-state index is 0.152. The number of nitrogens with zero attached hydrogens (tertiary/aromatic N) is 3. The van der Waals surface area contributed by atoms with Crippen molar-refractivity contribution in [3.63, 3.8) is 0 Å². The van der Waals surface area contributed by atoms with Crippen LogP contribution in [0.4, 0.5) is 5.69 Å². The number of rotatable bonds is 5. The Morgan fingerprint density at radius 2 is 2.16 bits per heavy atom. The van der Waals surface area contributed by atoms with Gasteiger partial charge in [0, 0.05) is 12.6 Å². The van der Waals surface area contributed by atoms with Crippen LogP contribution in [-0.4, -0.2) is 36.1 Å². The van der Waals surface area contributed by atoms with Gasteiger partial charge in [0.15, 0.2) is 5.75 Å². The normalized spacial score (nSPS) is 15.1. The lowest BCUT2D eigenvalue weighted by atomic mass is 10.2. The third kappa shape index (κ3) is 3.42. The van der Waals surface area contributed by atoms with E-state index in [1.165, 1.54) is 31.0 Å². The predicted molar refractivity (Wildman–Crippen MR) is 69.0 cm³/mol. The lowest BCUT2D eigenvalue weighted by Crippen LogP contribution is -2.25. The molecule has 0 atom stereocenters. The number of nitriles is 1. The highest BCUT2D eigenvalue weighted by Crippen LogP contribution is 2.27. The van der Waals surface area contributed by atoms with Gasteiger partial charge in [0.2, 0.25) is 0 Å². The quantitative estimate of drug-likeness (QED) is 0.597. The Morgan fingerprint density at radius 1 is 1.42 bits per heavy atom. The van der Waals surface area contributed by atoms with Crippen LogP contribution in [0.15, 0.2) is 18.2 Å². The van der Waals surface area contributed by atoms with E-state index in [2.05, 4.69) is 4.90 Å². The summed E-state index contributed by atoms with van der Waals surface area (Å²) >= 11 is 0. The van der Waals surface area contributed by atoms with E-state index in [1.54, 1.807) is 0 Å². The topological polar surface area (TPSA) is 79.4 Å². The maximum absolute atomic E-state index is 10.9. The standard InChI is InChI=1S/C13H15N3O3/c14-10-11-3-4-13(12(9-11)16(17)18)19-8-7-15-5-1-2-6-15/h3-4,9H,1-2,5-8H2. The van der Waals surface area contributed by atoms with Gasteiger partial charge in [-0.05, 0) is 38.1 Å². The maximum atomic E-state index is 10.9. The predicted octanol–water partition coefficient (Wildman–Crippen LogP) is 1.94. The van der Waals surface area contributed by atoms with E-state index in [0.29, 0.717) is 6.61 Å². The molecule has 0 bridgehead atoms. The summed E-state index contributed by atoms with van der Waals surface area (Å²) in [4.78, 5) is 12.7. The van der Waals surface area contributed by atoms with Crippen LogP contribution in [-0.2, 0) is 0 Å². The van der Waals surface area contributed by atoms with E-state index in [1.807, 2.05) is 6.07 Å². The number of benzene rings is 1. The molecule has 1 aliphatic heterocycles. The summed E-state index contributed by atoms with van der Waals surface area (Å²) in [7, 11) is 0. The Labute approximate surface area is 111 Å². The van der Waals surface area contributed by atoms with Crippen LogP contribution in [0.2, 0.25) is 0 Å². The zero-order valence-electron chi connectivity index (χ0n) is 10.5. The van der Waals surface area contributed by atoms with Crippen molar-refractivity contribution in [1.29, 1.82) is 5.26 Å². The summed E-state index contributed by atoms with van der Waals surface area (Å²) in [5, 5.41) is 19.6. The molecule has 1 aromatic rings. The van der Waals surface area contributed by atoms with Gasteiger partial charge < -0.3 is 4.74 Å². The van der Waals surface area contributed by atoms with Crippen molar-refractivity contribution in [2.24, 2.45) is 0 Å². The zero-order chi connectivity index (χ0) is 13.7. The molecule has 1 heterocycles. The van der Waals surface area contributed by atoms with Gasteiger partial charge >= 0.3 is 5.69 Å². The third-order valence-electron chi connectivity index (χ3n) is 3.15. The molecule has 0 spiro atoms. The first-order valence-electron chi connectivity index (χ1n) is 6.24. The lowest BCUT2D eigenvalue weighted by molar-refractivity contribution is -0.385. The summed E-state index contributed by atoms with van der Waals surface area (Å²) < 4.78 is 5.47. The molecule has 1 fully saturated rings. The highest BCUT2D eigenvalue weighted by molar-refractivity contribution is 5.51. The molecular weight excluding hydrogens is 246 g/mol.